The summed E-state index contributed by atoms with van der Waals surface area (Å²) in [4.78, 5) is 10.7. The third-order valence-electron chi connectivity index (χ3n) is 3.97. The van der Waals surface area contributed by atoms with Crippen LogP contribution in [0.1, 0.15) is 0 Å². The van der Waals surface area contributed by atoms with Crippen molar-refractivity contribution < 1.29 is 18.1 Å². The van der Waals surface area contributed by atoms with E-state index in [1.54, 1.807) is 12.1 Å². The van der Waals surface area contributed by atoms with E-state index in [0.29, 0.717) is 10.7 Å². The average Bonchev–Trinajstić information content (AvgIpc) is 2.65. The number of benzene rings is 2. The van der Waals surface area contributed by atoms with Gasteiger partial charge in [-0.1, -0.05) is 23.2 Å². The molecule has 2 aromatic carbocycles. The predicted molar refractivity (Wildman–Crippen MR) is 102 cm³/mol. The number of nitro groups is 1. The van der Waals surface area contributed by atoms with Gasteiger partial charge in [0.25, 0.3) is 5.69 Å². The number of nitrogens with one attached hydrogen (secondary N) is 1. The normalized spacial score (nSPS) is 15.5. The molecule has 0 atom stereocenters. The molecule has 0 spiro atoms. The van der Waals surface area contributed by atoms with Crippen LogP contribution in [0.2, 0.25) is 10.0 Å². The lowest BCUT2D eigenvalue weighted by molar-refractivity contribution is -0.384. The van der Waals surface area contributed by atoms with Crippen molar-refractivity contribution in [1.82, 2.24) is 4.31 Å². The van der Waals surface area contributed by atoms with Gasteiger partial charge >= 0.3 is 0 Å². The number of nitro benzene ring substituents is 1. The van der Waals surface area contributed by atoms with Crippen LogP contribution in [0.15, 0.2) is 41.3 Å². The lowest BCUT2D eigenvalue weighted by atomic mass is 10.2. The molecule has 0 aromatic heterocycles. The molecular weight excluding hydrogens is 417 g/mol. The summed E-state index contributed by atoms with van der Waals surface area (Å²) in [5.41, 5.74) is 0.256. The highest BCUT2D eigenvalue weighted by Crippen LogP contribution is 2.33. The minimum Gasteiger partial charge on any atom is -0.379 e. The van der Waals surface area contributed by atoms with Crippen molar-refractivity contribution in [3.05, 3.63) is 56.6 Å². The van der Waals surface area contributed by atoms with Gasteiger partial charge in [-0.3, -0.25) is 10.1 Å². The van der Waals surface area contributed by atoms with Crippen LogP contribution in [-0.4, -0.2) is 43.9 Å². The van der Waals surface area contributed by atoms with Gasteiger partial charge in [0.05, 0.1) is 33.1 Å². The van der Waals surface area contributed by atoms with Gasteiger partial charge in [-0.05, 0) is 30.3 Å². The summed E-state index contributed by atoms with van der Waals surface area (Å²) in [5.74, 6) is 0. The Balaban J connectivity index is 1.95. The van der Waals surface area contributed by atoms with Crippen molar-refractivity contribution in [3.8, 4) is 0 Å². The second-order valence-electron chi connectivity index (χ2n) is 5.71. The average molecular weight is 432 g/mol. The third kappa shape index (κ3) is 4.33. The summed E-state index contributed by atoms with van der Waals surface area (Å²) in [6.45, 7) is 0.995. The molecule has 8 nitrogen and oxygen atoms in total. The van der Waals surface area contributed by atoms with E-state index < -0.39 is 14.9 Å². The molecule has 0 aliphatic carbocycles. The summed E-state index contributed by atoms with van der Waals surface area (Å²) < 4.78 is 31.8. The Morgan fingerprint density at radius 3 is 2.41 bits per heavy atom. The Hall–Kier alpha value is -1.91. The lowest BCUT2D eigenvalue weighted by Gasteiger charge is -2.26. The highest BCUT2D eigenvalue weighted by molar-refractivity contribution is 7.89. The molecule has 0 saturated carbocycles. The highest BCUT2D eigenvalue weighted by Gasteiger charge is 2.28. The summed E-state index contributed by atoms with van der Waals surface area (Å²) >= 11 is 11.8. The summed E-state index contributed by atoms with van der Waals surface area (Å²) in [7, 11) is -3.84. The van der Waals surface area contributed by atoms with E-state index in [-0.39, 0.29) is 47.6 Å². The molecule has 1 aliphatic heterocycles. The maximum Gasteiger partial charge on any atom is 0.294 e. The topological polar surface area (TPSA) is 102 Å². The second kappa shape index (κ2) is 7.99. The first-order chi connectivity index (χ1) is 12.8. The smallest absolute Gasteiger partial charge is 0.294 e. The molecule has 1 heterocycles. The van der Waals surface area contributed by atoms with Crippen LogP contribution in [0, 0.1) is 10.1 Å². The quantitative estimate of drug-likeness (QED) is 0.572. The monoisotopic (exact) mass is 431 g/mol. The van der Waals surface area contributed by atoms with Crippen LogP contribution < -0.4 is 5.32 Å². The molecule has 1 saturated heterocycles. The van der Waals surface area contributed by atoms with E-state index in [4.69, 9.17) is 27.9 Å². The van der Waals surface area contributed by atoms with Crippen molar-refractivity contribution >= 4 is 50.3 Å². The molecule has 1 fully saturated rings. The van der Waals surface area contributed by atoms with E-state index in [1.165, 1.54) is 22.5 Å². The molecule has 11 heteroatoms. The van der Waals surface area contributed by atoms with Gasteiger partial charge in [-0.15, -0.1) is 0 Å². The van der Waals surface area contributed by atoms with Crippen LogP contribution >= 0.6 is 23.2 Å². The van der Waals surface area contributed by atoms with Crippen molar-refractivity contribution in [1.29, 1.82) is 0 Å². The first-order valence-electron chi connectivity index (χ1n) is 7.87. The maximum atomic E-state index is 12.7. The Labute approximate surface area is 165 Å². The third-order valence-corrected chi connectivity index (χ3v) is 6.61. The molecule has 0 amide bonds. The van der Waals surface area contributed by atoms with Crippen molar-refractivity contribution in [2.45, 2.75) is 4.90 Å². The fourth-order valence-corrected chi connectivity index (χ4v) is 4.32. The van der Waals surface area contributed by atoms with Crippen LogP contribution in [0.25, 0.3) is 0 Å². The minimum atomic E-state index is -3.84. The number of sulfonamides is 1. The number of hydrogen-bond donors (Lipinski definition) is 1. The van der Waals surface area contributed by atoms with Gasteiger partial charge in [-0.2, -0.15) is 4.31 Å². The summed E-state index contributed by atoms with van der Waals surface area (Å²) in [6, 6.07) is 8.41. The molecule has 0 radical (unpaired) electrons. The number of anilines is 2. The zero-order valence-electron chi connectivity index (χ0n) is 13.9. The standard InChI is InChI=1S/C16H15Cl2N3O5S/c17-13-3-1-11(9-14(13)18)19-15-4-2-12(10-16(15)21(22)23)27(24,25)20-5-7-26-8-6-20/h1-4,9-10,19H,5-8H2. The molecule has 0 unspecified atom stereocenters. The van der Waals surface area contributed by atoms with Crippen LogP contribution in [0.4, 0.5) is 17.1 Å². The van der Waals surface area contributed by atoms with Crippen molar-refractivity contribution in [2.24, 2.45) is 0 Å². The van der Waals surface area contributed by atoms with Gasteiger partial charge in [0.1, 0.15) is 5.69 Å². The van der Waals surface area contributed by atoms with Crippen LogP contribution in [-0.2, 0) is 14.8 Å². The van der Waals surface area contributed by atoms with Gasteiger partial charge in [0.2, 0.25) is 10.0 Å². The van der Waals surface area contributed by atoms with Crippen LogP contribution in [0.3, 0.4) is 0 Å². The number of ether oxygens (including phenoxy) is 1. The first-order valence-corrected chi connectivity index (χ1v) is 10.1. The molecule has 0 bridgehead atoms. The Morgan fingerprint density at radius 2 is 1.78 bits per heavy atom. The number of morpholine rings is 1. The summed E-state index contributed by atoms with van der Waals surface area (Å²) in [6.07, 6.45) is 0. The molecular formula is C16H15Cl2N3O5S. The Bertz CT molecular complexity index is 978. The molecule has 1 aliphatic rings. The Kier molecular flexibility index (Phi) is 5.87. The predicted octanol–water partition coefficient (Wildman–Crippen LogP) is 3.67. The van der Waals surface area contributed by atoms with E-state index >= 15 is 0 Å². The van der Waals surface area contributed by atoms with E-state index in [1.807, 2.05) is 0 Å². The summed E-state index contributed by atoms with van der Waals surface area (Å²) in [5, 5.41) is 15.0. The number of rotatable bonds is 5. The fourth-order valence-electron chi connectivity index (χ4n) is 2.59. The lowest BCUT2D eigenvalue weighted by Crippen LogP contribution is -2.40. The van der Waals surface area contributed by atoms with Crippen LogP contribution in [0.5, 0.6) is 0 Å². The van der Waals surface area contributed by atoms with E-state index in [2.05, 4.69) is 5.32 Å². The zero-order chi connectivity index (χ0) is 19.6. The molecule has 1 N–H and O–H groups in total. The van der Waals surface area contributed by atoms with Gasteiger partial charge < -0.3 is 10.1 Å². The number of hydrogen-bond acceptors (Lipinski definition) is 6. The SMILES string of the molecule is O=[N+]([O-])c1cc(S(=O)(=O)N2CCOCC2)ccc1Nc1ccc(Cl)c(Cl)c1. The van der Waals surface area contributed by atoms with Crippen molar-refractivity contribution in [2.75, 3.05) is 31.6 Å². The molecule has 144 valence electrons. The number of nitrogens with zero attached hydrogens (tertiary/aromatic N) is 2. The van der Waals surface area contributed by atoms with Gasteiger partial charge in [0.15, 0.2) is 0 Å². The largest absolute Gasteiger partial charge is 0.379 e. The maximum absolute atomic E-state index is 12.7. The Morgan fingerprint density at radius 1 is 1.07 bits per heavy atom. The second-order valence-corrected chi connectivity index (χ2v) is 8.46. The van der Waals surface area contributed by atoms with E-state index in [9.17, 15) is 18.5 Å². The molecule has 27 heavy (non-hydrogen) atoms. The molecule has 2 aromatic rings. The van der Waals surface area contributed by atoms with Gasteiger partial charge in [-0.25, -0.2) is 8.42 Å². The zero-order valence-corrected chi connectivity index (χ0v) is 16.2. The fraction of sp³-hybridized carbons (Fsp3) is 0.250. The highest BCUT2D eigenvalue weighted by atomic mass is 35.5. The first kappa shape index (κ1) is 19.8. The molecule has 3 rings (SSSR count). The minimum absolute atomic E-state index is 0.138. The van der Waals surface area contributed by atoms with Crippen molar-refractivity contribution in [3.63, 3.8) is 0 Å². The van der Waals surface area contributed by atoms with Gasteiger partial charge in [0, 0.05) is 24.8 Å². The number of halogens is 2. The van der Waals surface area contributed by atoms with E-state index in [0.717, 1.165) is 6.07 Å².